The second kappa shape index (κ2) is 9.73. The molecule has 28 heavy (non-hydrogen) atoms. The third-order valence-corrected chi connectivity index (χ3v) is 4.68. The van der Waals surface area contributed by atoms with Crippen molar-refractivity contribution in [3.05, 3.63) is 54.0 Å². The van der Waals surface area contributed by atoms with Gasteiger partial charge in [-0.05, 0) is 37.1 Å². The molecule has 1 N–H and O–H groups in total. The maximum atomic E-state index is 12.5. The smallest absolute Gasteiger partial charge is 0.340 e. The summed E-state index contributed by atoms with van der Waals surface area (Å²) in [7, 11) is 0. The lowest BCUT2D eigenvalue weighted by Crippen LogP contribution is -2.37. The molecule has 1 fully saturated rings. The summed E-state index contributed by atoms with van der Waals surface area (Å²) >= 11 is 0. The number of ether oxygens (including phenoxy) is 1. The number of esters is 1. The predicted molar refractivity (Wildman–Crippen MR) is 103 cm³/mol. The van der Waals surface area contributed by atoms with E-state index in [9.17, 15) is 14.4 Å². The average Bonchev–Trinajstić information content (AvgIpc) is 3.21. The van der Waals surface area contributed by atoms with Crippen molar-refractivity contribution in [3.8, 4) is 0 Å². The molecule has 0 bridgehead atoms. The molecule has 0 aliphatic carbocycles. The van der Waals surface area contributed by atoms with Gasteiger partial charge in [-0.1, -0.05) is 31.4 Å². The lowest BCUT2D eigenvalue weighted by Gasteiger charge is -2.24. The molecule has 0 atom stereocenters. The summed E-state index contributed by atoms with van der Waals surface area (Å²) in [6.07, 6.45) is 6.78. The van der Waals surface area contributed by atoms with E-state index >= 15 is 0 Å². The number of rotatable bonds is 5. The van der Waals surface area contributed by atoms with E-state index in [-0.39, 0.29) is 23.8 Å². The molecule has 1 aliphatic rings. The monoisotopic (exact) mass is 384 g/mol. The quantitative estimate of drug-likeness (QED) is 0.797. The van der Waals surface area contributed by atoms with E-state index in [1.807, 2.05) is 0 Å². The lowest BCUT2D eigenvalue weighted by atomic mass is 10.1. The lowest BCUT2D eigenvalue weighted by molar-refractivity contribution is -0.134. The van der Waals surface area contributed by atoms with Crippen molar-refractivity contribution >= 4 is 23.5 Å². The molecular formula is C21H24N2O5. The third-order valence-electron chi connectivity index (χ3n) is 4.68. The van der Waals surface area contributed by atoms with Crippen molar-refractivity contribution in [1.29, 1.82) is 0 Å². The first-order chi connectivity index (χ1) is 13.6. The third kappa shape index (κ3) is 5.22. The number of amides is 2. The van der Waals surface area contributed by atoms with E-state index in [1.165, 1.54) is 18.8 Å². The van der Waals surface area contributed by atoms with E-state index in [0.717, 1.165) is 25.7 Å². The van der Waals surface area contributed by atoms with Gasteiger partial charge in [-0.3, -0.25) is 9.59 Å². The molecule has 1 aromatic heterocycles. The summed E-state index contributed by atoms with van der Waals surface area (Å²) in [6.45, 7) is 1.09. The van der Waals surface area contributed by atoms with Crippen LogP contribution < -0.4 is 5.32 Å². The van der Waals surface area contributed by atoms with Gasteiger partial charge in [0.2, 0.25) is 0 Å². The van der Waals surface area contributed by atoms with Crippen molar-refractivity contribution in [3.63, 3.8) is 0 Å². The molecule has 0 saturated carbocycles. The number of furan rings is 1. The number of hydrogen-bond donors (Lipinski definition) is 1. The molecule has 7 heteroatoms. The Kier molecular flexibility index (Phi) is 6.84. The van der Waals surface area contributed by atoms with Crippen LogP contribution in [0.15, 0.2) is 47.1 Å². The fraction of sp³-hybridized carbons (Fsp3) is 0.381. The van der Waals surface area contributed by atoms with Gasteiger partial charge in [0.05, 0.1) is 17.5 Å². The summed E-state index contributed by atoms with van der Waals surface area (Å²) in [5.74, 6) is -1.18. The molecule has 148 valence electrons. The van der Waals surface area contributed by atoms with Crippen LogP contribution in [0.4, 0.5) is 5.69 Å². The van der Waals surface area contributed by atoms with Crippen molar-refractivity contribution in [2.45, 2.75) is 32.1 Å². The summed E-state index contributed by atoms with van der Waals surface area (Å²) in [5.41, 5.74) is 0.482. The van der Waals surface area contributed by atoms with Gasteiger partial charge < -0.3 is 19.4 Å². The van der Waals surface area contributed by atoms with Gasteiger partial charge in [0.25, 0.3) is 11.8 Å². The Bertz CT molecular complexity index is 808. The van der Waals surface area contributed by atoms with Crippen molar-refractivity contribution in [2.75, 3.05) is 25.0 Å². The molecule has 2 aromatic rings. The Morgan fingerprint density at radius 3 is 2.39 bits per heavy atom. The summed E-state index contributed by atoms with van der Waals surface area (Å²) in [6, 6.07) is 9.63. The Labute approximate surface area is 163 Å². The fourth-order valence-electron chi connectivity index (χ4n) is 3.15. The minimum Gasteiger partial charge on any atom is -0.459 e. The molecule has 0 unspecified atom stereocenters. The molecule has 2 amide bonds. The Morgan fingerprint density at radius 2 is 1.68 bits per heavy atom. The molecule has 0 radical (unpaired) electrons. The highest BCUT2D eigenvalue weighted by Gasteiger charge is 2.20. The van der Waals surface area contributed by atoms with Crippen LogP contribution in [0.5, 0.6) is 0 Å². The maximum Gasteiger partial charge on any atom is 0.340 e. The first-order valence-electron chi connectivity index (χ1n) is 9.54. The van der Waals surface area contributed by atoms with E-state index in [2.05, 4.69) is 5.32 Å². The fourth-order valence-corrected chi connectivity index (χ4v) is 3.15. The zero-order valence-electron chi connectivity index (χ0n) is 15.7. The Balaban J connectivity index is 1.59. The number of nitrogens with one attached hydrogen (secondary N) is 1. The number of likely N-dealkylation sites (tertiary alicyclic amines) is 1. The van der Waals surface area contributed by atoms with Crippen molar-refractivity contribution < 1.29 is 23.5 Å². The topological polar surface area (TPSA) is 88.8 Å². The van der Waals surface area contributed by atoms with Crippen molar-refractivity contribution in [2.24, 2.45) is 0 Å². The van der Waals surface area contributed by atoms with Gasteiger partial charge in [-0.15, -0.1) is 0 Å². The van der Waals surface area contributed by atoms with Gasteiger partial charge >= 0.3 is 5.97 Å². The summed E-state index contributed by atoms with van der Waals surface area (Å²) in [4.78, 5) is 38.8. The van der Waals surface area contributed by atoms with Gasteiger partial charge in [0.1, 0.15) is 0 Å². The average molecular weight is 384 g/mol. The van der Waals surface area contributed by atoms with Crippen molar-refractivity contribution in [1.82, 2.24) is 4.90 Å². The first kappa shape index (κ1) is 19.7. The number of carbonyl (C=O) groups excluding carboxylic acids is 3. The number of benzene rings is 1. The zero-order chi connectivity index (χ0) is 19.8. The highest BCUT2D eigenvalue weighted by Crippen LogP contribution is 2.18. The van der Waals surface area contributed by atoms with Gasteiger partial charge in [0, 0.05) is 13.1 Å². The van der Waals surface area contributed by atoms with Crippen LogP contribution in [-0.2, 0) is 9.53 Å². The van der Waals surface area contributed by atoms with Gasteiger partial charge in [-0.25, -0.2) is 4.79 Å². The largest absolute Gasteiger partial charge is 0.459 e. The van der Waals surface area contributed by atoms with E-state index in [1.54, 1.807) is 35.2 Å². The number of hydrogen-bond acceptors (Lipinski definition) is 5. The Morgan fingerprint density at radius 1 is 0.964 bits per heavy atom. The minimum absolute atomic E-state index is 0.135. The highest BCUT2D eigenvalue weighted by atomic mass is 16.5. The molecule has 1 saturated heterocycles. The molecular weight excluding hydrogens is 360 g/mol. The van der Waals surface area contributed by atoms with Crippen LogP contribution in [0.3, 0.4) is 0 Å². The predicted octanol–water partition coefficient (Wildman–Crippen LogP) is 3.48. The minimum atomic E-state index is -0.657. The van der Waals surface area contributed by atoms with Gasteiger partial charge in [-0.2, -0.15) is 0 Å². The first-order valence-corrected chi connectivity index (χ1v) is 9.54. The maximum absolute atomic E-state index is 12.5. The normalized spacial score (nSPS) is 14.6. The Hall–Kier alpha value is -3.09. The van der Waals surface area contributed by atoms with E-state index < -0.39 is 11.9 Å². The van der Waals surface area contributed by atoms with Crippen LogP contribution in [0.1, 0.15) is 53.0 Å². The second-order valence-electron chi connectivity index (χ2n) is 6.70. The van der Waals surface area contributed by atoms with Crippen LogP contribution >= 0.6 is 0 Å². The molecule has 3 rings (SSSR count). The number of para-hydroxylation sites is 1. The van der Waals surface area contributed by atoms with E-state index in [0.29, 0.717) is 18.8 Å². The molecule has 7 nitrogen and oxygen atoms in total. The summed E-state index contributed by atoms with van der Waals surface area (Å²) in [5, 5.41) is 2.63. The number of carbonyl (C=O) groups is 3. The summed E-state index contributed by atoms with van der Waals surface area (Å²) < 4.78 is 10.3. The van der Waals surface area contributed by atoms with Crippen LogP contribution in [0.2, 0.25) is 0 Å². The number of nitrogens with zero attached hydrogens (tertiary/aromatic N) is 1. The van der Waals surface area contributed by atoms with Gasteiger partial charge in [0.15, 0.2) is 12.4 Å². The standard InChI is InChI=1S/C21H24N2O5/c24-19(23-12-6-2-1-3-7-13-23)15-28-21(26)16-9-4-5-10-17(16)22-20(25)18-11-8-14-27-18/h4-5,8-11,14H,1-3,6-7,12-13,15H2,(H,22,25). The molecule has 2 heterocycles. The molecule has 1 aliphatic heterocycles. The number of anilines is 1. The zero-order valence-corrected chi connectivity index (χ0v) is 15.7. The second-order valence-corrected chi connectivity index (χ2v) is 6.70. The highest BCUT2D eigenvalue weighted by molar-refractivity contribution is 6.06. The van der Waals surface area contributed by atoms with Crippen LogP contribution in [0, 0.1) is 0 Å². The van der Waals surface area contributed by atoms with E-state index in [4.69, 9.17) is 9.15 Å². The SMILES string of the molecule is O=C(Nc1ccccc1C(=O)OCC(=O)N1CCCCCCC1)c1ccco1. The molecule has 0 spiro atoms. The molecule has 1 aromatic carbocycles. The van der Waals surface area contributed by atoms with Crippen LogP contribution in [-0.4, -0.2) is 42.4 Å². The van der Waals surface area contributed by atoms with Crippen LogP contribution in [0.25, 0.3) is 0 Å².